The number of hydrogen-bond acceptors (Lipinski definition) is 2. The van der Waals surface area contributed by atoms with E-state index < -0.39 is 3.79 Å². The predicted molar refractivity (Wildman–Crippen MR) is 78.1 cm³/mol. The molecule has 5 heteroatoms. The Bertz CT molecular complexity index is 146. The summed E-state index contributed by atoms with van der Waals surface area (Å²) in [5.41, 5.74) is 0. The zero-order chi connectivity index (χ0) is 14.3. The molecule has 2 nitrogen and oxygen atoms in total. The summed E-state index contributed by atoms with van der Waals surface area (Å²) >= 11 is 15.2. The van der Waals surface area contributed by atoms with Crippen LogP contribution >= 0.6 is 34.8 Å². The fourth-order valence-corrected chi connectivity index (χ4v) is 0.703. The third-order valence-corrected chi connectivity index (χ3v) is 1.30. The van der Waals surface area contributed by atoms with Gasteiger partial charge in [0.25, 0.3) is 0 Å². The summed E-state index contributed by atoms with van der Waals surface area (Å²) < 4.78 is 3.32. The van der Waals surface area contributed by atoms with E-state index >= 15 is 0 Å². The van der Waals surface area contributed by atoms with E-state index in [1.54, 1.807) is 6.92 Å². The lowest BCUT2D eigenvalue weighted by atomic mass is 10.2. The normalized spacial score (nSPS) is 9.41. The van der Waals surface area contributed by atoms with Crippen LogP contribution in [0.3, 0.4) is 0 Å². The van der Waals surface area contributed by atoms with Gasteiger partial charge in [-0.2, -0.15) is 0 Å². The topological polar surface area (TPSA) is 26.3 Å². The van der Waals surface area contributed by atoms with Gasteiger partial charge in [-0.05, 0) is 13.8 Å². The molecule has 0 atom stereocenters. The van der Waals surface area contributed by atoms with Gasteiger partial charge >= 0.3 is 5.97 Å². The SMILES string of the molecule is CC(Cl)(Cl)Cl.CCCCCC.CCOC(C)=O. The lowest BCUT2D eigenvalue weighted by Gasteiger charge is -1.94. The van der Waals surface area contributed by atoms with Crippen molar-refractivity contribution in [2.24, 2.45) is 0 Å². The predicted octanol–water partition coefficient (Wildman–Crippen LogP) is 5.53. The lowest BCUT2D eigenvalue weighted by Crippen LogP contribution is -1.95. The minimum Gasteiger partial charge on any atom is -0.466 e. The van der Waals surface area contributed by atoms with E-state index in [9.17, 15) is 4.79 Å². The highest BCUT2D eigenvalue weighted by Crippen LogP contribution is 2.23. The Labute approximate surface area is 121 Å². The third kappa shape index (κ3) is 83.6. The van der Waals surface area contributed by atoms with Crippen LogP contribution in [0.2, 0.25) is 0 Å². The molecular weight excluding hydrogens is 282 g/mol. The van der Waals surface area contributed by atoms with E-state index in [1.165, 1.54) is 39.5 Å². The molecule has 0 aromatic carbocycles. The van der Waals surface area contributed by atoms with E-state index in [4.69, 9.17) is 34.8 Å². The monoisotopic (exact) mass is 306 g/mol. The number of esters is 1. The molecule has 0 radical (unpaired) electrons. The summed E-state index contributed by atoms with van der Waals surface area (Å²) in [5.74, 6) is -0.211. The van der Waals surface area contributed by atoms with Crippen molar-refractivity contribution in [3.63, 3.8) is 0 Å². The summed E-state index contributed by atoms with van der Waals surface area (Å²) in [6.45, 7) is 9.60. The maximum atomic E-state index is 9.82. The van der Waals surface area contributed by atoms with E-state index in [-0.39, 0.29) is 5.97 Å². The van der Waals surface area contributed by atoms with Crippen LogP contribution in [0.4, 0.5) is 0 Å². The van der Waals surface area contributed by atoms with Crippen LogP contribution in [0.5, 0.6) is 0 Å². The van der Waals surface area contributed by atoms with Crippen LogP contribution in [0, 0.1) is 0 Å². The lowest BCUT2D eigenvalue weighted by molar-refractivity contribution is -0.140. The van der Waals surface area contributed by atoms with Crippen molar-refractivity contribution in [2.75, 3.05) is 6.61 Å². The third-order valence-electron chi connectivity index (χ3n) is 1.30. The fourth-order valence-electron chi connectivity index (χ4n) is 0.703. The Hall–Kier alpha value is 0.340. The zero-order valence-electron chi connectivity index (χ0n) is 11.5. The summed E-state index contributed by atoms with van der Waals surface area (Å²) in [7, 11) is 0. The summed E-state index contributed by atoms with van der Waals surface area (Å²) in [5, 5.41) is 0. The Morgan fingerprint density at radius 1 is 1.06 bits per heavy atom. The number of ether oxygens (including phenoxy) is 1. The van der Waals surface area contributed by atoms with Crippen LogP contribution in [-0.2, 0) is 9.53 Å². The first-order valence-corrected chi connectivity index (χ1v) is 7.02. The van der Waals surface area contributed by atoms with Crippen molar-refractivity contribution in [3.8, 4) is 0 Å². The van der Waals surface area contributed by atoms with Crippen LogP contribution < -0.4 is 0 Å². The molecule has 0 fully saturated rings. The maximum absolute atomic E-state index is 9.82. The van der Waals surface area contributed by atoms with Crippen LogP contribution in [0.25, 0.3) is 0 Å². The van der Waals surface area contributed by atoms with Gasteiger partial charge in [0.15, 0.2) is 3.79 Å². The average molecular weight is 308 g/mol. The fraction of sp³-hybridized carbons (Fsp3) is 0.917. The molecule has 0 spiro atoms. The molecule has 0 aliphatic rings. The first kappa shape index (κ1) is 22.5. The van der Waals surface area contributed by atoms with Crippen molar-refractivity contribution in [2.45, 2.75) is 64.1 Å². The van der Waals surface area contributed by atoms with E-state index in [2.05, 4.69) is 18.6 Å². The minimum atomic E-state index is -1.08. The molecule has 0 N–H and O–H groups in total. The highest BCUT2D eigenvalue weighted by Gasteiger charge is 2.07. The molecule has 0 heterocycles. The smallest absolute Gasteiger partial charge is 0.302 e. The molecule has 0 saturated heterocycles. The average Bonchev–Trinajstić information content (AvgIpc) is 2.12. The van der Waals surface area contributed by atoms with Crippen LogP contribution in [0.1, 0.15) is 60.3 Å². The van der Waals surface area contributed by atoms with Crippen molar-refractivity contribution in [1.82, 2.24) is 0 Å². The molecule has 0 aromatic rings. The Balaban J connectivity index is -0.000000174. The van der Waals surface area contributed by atoms with Crippen molar-refractivity contribution in [1.29, 1.82) is 0 Å². The molecule has 0 bridgehead atoms. The second-order valence-corrected chi connectivity index (χ2v) is 6.26. The molecule has 0 unspecified atom stereocenters. The van der Waals surface area contributed by atoms with Gasteiger partial charge in [0.2, 0.25) is 0 Å². The zero-order valence-corrected chi connectivity index (χ0v) is 13.8. The number of rotatable bonds is 4. The maximum Gasteiger partial charge on any atom is 0.302 e. The molecule has 0 saturated carbocycles. The molecule has 0 rings (SSSR count). The molecule has 0 amide bonds. The first-order valence-electron chi connectivity index (χ1n) is 5.89. The summed E-state index contributed by atoms with van der Waals surface area (Å²) in [6.07, 6.45) is 5.54. The van der Waals surface area contributed by atoms with Gasteiger partial charge < -0.3 is 4.74 Å². The highest BCUT2D eigenvalue weighted by molar-refractivity contribution is 6.67. The van der Waals surface area contributed by atoms with E-state index in [0.29, 0.717) is 6.61 Å². The number of hydrogen-bond donors (Lipinski definition) is 0. The summed E-state index contributed by atoms with van der Waals surface area (Å²) in [4.78, 5) is 9.82. The Morgan fingerprint density at radius 3 is 1.41 bits per heavy atom. The van der Waals surface area contributed by atoms with Gasteiger partial charge in [0, 0.05) is 6.92 Å². The number of alkyl halides is 3. The van der Waals surface area contributed by atoms with E-state index in [1.807, 2.05) is 0 Å². The van der Waals surface area contributed by atoms with Gasteiger partial charge in [-0.3, -0.25) is 4.79 Å². The number of carbonyl (C=O) groups excluding carboxylic acids is 1. The van der Waals surface area contributed by atoms with Crippen LogP contribution in [0.15, 0.2) is 0 Å². The quantitative estimate of drug-likeness (QED) is 0.387. The molecule has 0 aliphatic carbocycles. The van der Waals surface area contributed by atoms with Gasteiger partial charge in [-0.25, -0.2) is 0 Å². The van der Waals surface area contributed by atoms with Gasteiger partial charge in [-0.15, -0.1) is 0 Å². The molecule has 0 aliphatic heterocycles. The second kappa shape index (κ2) is 16.3. The molecule has 106 valence electrons. The Morgan fingerprint density at radius 2 is 1.35 bits per heavy atom. The largest absolute Gasteiger partial charge is 0.466 e. The van der Waals surface area contributed by atoms with Gasteiger partial charge in [0.1, 0.15) is 0 Å². The van der Waals surface area contributed by atoms with Crippen molar-refractivity contribution < 1.29 is 9.53 Å². The van der Waals surface area contributed by atoms with E-state index in [0.717, 1.165) is 0 Å². The highest BCUT2D eigenvalue weighted by atomic mass is 35.6. The molecule has 0 aromatic heterocycles. The first-order chi connectivity index (χ1) is 7.68. The van der Waals surface area contributed by atoms with Crippen molar-refractivity contribution in [3.05, 3.63) is 0 Å². The number of unbranched alkanes of at least 4 members (excludes halogenated alkanes) is 3. The number of halogens is 3. The second-order valence-electron chi connectivity index (χ2n) is 3.41. The standard InChI is InChI=1S/C6H14.C4H8O2.C2H3Cl3/c1-3-5-6-4-2;1-3-6-4(2)5;1-2(3,4)5/h3-6H2,1-2H3;3H2,1-2H3;1H3. The minimum absolute atomic E-state index is 0.211. The van der Waals surface area contributed by atoms with Gasteiger partial charge in [-0.1, -0.05) is 74.3 Å². The van der Waals surface area contributed by atoms with Crippen molar-refractivity contribution >= 4 is 40.8 Å². The van der Waals surface area contributed by atoms with Crippen LogP contribution in [-0.4, -0.2) is 16.4 Å². The summed E-state index contributed by atoms with van der Waals surface area (Å²) in [6, 6.07) is 0. The van der Waals surface area contributed by atoms with Gasteiger partial charge in [0.05, 0.1) is 6.61 Å². The molecular formula is C12H25Cl3O2. The number of carbonyl (C=O) groups is 1. The Kier molecular flexibility index (Phi) is 21.6. The molecule has 17 heavy (non-hydrogen) atoms.